The largest absolute Gasteiger partial charge is 0.322 e. The second kappa shape index (κ2) is 7.78. The Morgan fingerprint density at radius 3 is 2.74 bits per heavy atom. The Morgan fingerprint density at radius 2 is 2.07 bits per heavy atom. The van der Waals surface area contributed by atoms with Crippen molar-refractivity contribution in [3.63, 3.8) is 0 Å². The minimum Gasteiger partial charge on any atom is -0.322 e. The van der Waals surface area contributed by atoms with Crippen molar-refractivity contribution in [1.82, 2.24) is 9.88 Å². The Balaban J connectivity index is 1.68. The molecule has 142 valence electrons. The van der Waals surface area contributed by atoms with Crippen LogP contribution in [0, 0.1) is 13.8 Å². The van der Waals surface area contributed by atoms with Crippen LogP contribution < -0.4 is 10.2 Å². The lowest BCUT2D eigenvalue weighted by atomic mass is 10.2. The molecule has 2 heterocycles. The minimum absolute atomic E-state index is 0.129. The van der Waals surface area contributed by atoms with Gasteiger partial charge in [0.2, 0.25) is 5.91 Å². The molecule has 1 saturated heterocycles. The van der Waals surface area contributed by atoms with Gasteiger partial charge in [-0.2, -0.15) is 0 Å². The van der Waals surface area contributed by atoms with Crippen LogP contribution in [0.5, 0.6) is 0 Å². The van der Waals surface area contributed by atoms with Crippen molar-refractivity contribution in [3.05, 3.63) is 53.3 Å². The number of benzene rings is 1. The number of pyridine rings is 1. The van der Waals surface area contributed by atoms with Gasteiger partial charge in [0, 0.05) is 36.6 Å². The van der Waals surface area contributed by atoms with Crippen LogP contribution in [-0.4, -0.2) is 34.9 Å². The molecular weight excluding hydrogens is 340 g/mol. The van der Waals surface area contributed by atoms with Crippen molar-refractivity contribution in [2.45, 2.75) is 46.2 Å². The summed E-state index contributed by atoms with van der Waals surface area (Å²) in [7, 11) is 1.74. The first-order valence-electron chi connectivity index (χ1n) is 9.22. The highest BCUT2D eigenvalue weighted by Gasteiger charge is 2.28. The van der Waals surface area contributed by atoms with Crippen LogP contribution in [0.4, 0.5) is 16.2 Å². The topological polar surface area (TPSA) is 65.5 Å². The monoisotopic (exact) mass is 366 g/mol. The normalized spacial score (nSPS) is 16.5. The van der Waals surface area contributed by atoms with Gasteiger partial charge in [-0.1, -0.05) is 6.07 Å². The van der Waals surface area contributed by atoms with Crippen LogP contribution in [0.25, 0.3) is 0 Å². The third-order valence-corrected chi connectivity index (χ3v) is 4.76. The van der Waals surface area contributed by atoms with E-state index in [0.717, 1.165) is 29.1 Å². The summed E-state index contributed by atoms with van der Waals surface area (Å²) in [6.45, 7) is 6.43. The van der Waals surface area contributed by atoms with Crippen molar-refractivity contribution in [1.29, 1.82) is 0 Å². The molecule has 1 aromatic heterocycles. The summed E-state index contributed by atoms with van der Waals surface area (Å²) >= 11 is 0. The SMILES string of the molecule is Cc1cc(C)nc(CN(C)C(=O)Nc2cccc(N3C(=O)CC[C@@H]3C)c2)c1. The van der Waals surface area contributed by atoms with Crippen molar-refractivity contribution < 1.29 is 9.59 Å². The van der Waals surface area contributed by atoms with Gasteiger partial charge in [-0.25, -0.2) is 4.79 Å². The molecule has 0 aliphatic carbocycles. The van der Waals surface area contributed by atoms with Crippen molar-refractivity contribution >= 4 is 23.3 Å². The van der Waals surface area contributed by atoms with Gasteiger partial charge in [0.25, 0.3) is 0 Å². The lowest BCUT2D eigenvalue weighted by molar-refractivity contribution is -0.117. The maximum Gasteiger partial charge on any atom is 0.321 e. The molecule has 1 aliphatic rings. The van der Waals surface area contributed by atoms with Gasteiger partial charge in [0.05, 0.1) is 12.2 Å². The van der Waals surface area contributed by atoms with E-state index in [9.17, 15) is 9.59 Å². The number of aromatic nitrogens is 1. The highest BCUT2D eigenvalue weighted by Crippen LogP contribution is 2.28. The number of carbonyl (C=O) groups excluding carboxylic acids is 2. The average molecular weight is 366 g/mol. The van der Waals surface area contributed by atoms with Crippen molar-refractivity contribution in [2.24, 2.45) is 0 Å². The molecule has 2 aromatic rings. The number of amides is 3. The first kappa shape index (κ1) is 18.9. The molecule has 0 saturated carbocycles. The van der Waals surface area contributed by atoms with Crippen LogP contribution in [0.1, 0.15) is 36.7 Å². The van der Waals surface area contributed by atoms with Gasteiger partial charge in [-0.3, -0.25) is 9.78 Å². The van der Waals surface area contributed by atoms with Crippen LogP contribution >= 0.6 is 0 Å². The standard InChI is InChI=1S/C21H26N4O2/c1-14-10-15(2)22-18(11-14)13-24(4)21(27)23-17-6-5-7-19(12-17)25-16(3)8-9-20(25)26/h5-7,10-12,16H,8-9,13H2,1-4H3,(H,23,27)/t16-/m0/s1. The predicted octanol–water partition coefficient (Wildman–Crippen LogP) is 3.88. The Labute approximate surface area is 160 Å². The Hall–Kier alpha value is -2.89. The van der Waals surface area contributed by atoms with E-state index >= 15 is 0 Å². The van der Waals surface area contributed by atoms with Crippen molar-refractivity contribution in [3.8, 4) is 0 Å². The fourth-order valence-corrected chi connectivity index (χ4v) is 3.50. The Kier molecular flexibility index (Phi) is 5.44. The number of nitrogens with one attached hydrogen (secondary N) is 1. The summed E-state index contributed by atoms with van der Waals surface area (Å²) in [5.41, 5.74) is 4.42. The third-order valence-electron chi connectivity index (χ3n) is 4.76. The van der Waals surface area contributed by atoms with Crippen LogP contribution in [0.3, 0.4) is 0 Å². The van der Waals surface area contributed by atoms with E-state index in [4.69, 9.17) is 0 Å². The summed E-state index contributed by atoms with van der Waals surface area (Å²) in [5.74, 6) is 0.129. The molecule has 0 radical (unpaired) electrons. The van der Waals surface area contributed by atoms with Gasteiger partial charge in [-0.05, 0) is 63.1 Å². The van der Waals surface area contributed by atoms with E-state index in [1.165, 1.54) is 0 Å². The van der Waals surface area contributed by atoms with Crippen LogP contribution in [0.15, 0.2) is 36.4 Å². The summed E-state index contributed by atoms with van der Waals surface area (Å²) in [6.07, 6.45) is 1.43. The summed E-state index contributed by atoms with van der Waals surface area (Å²) in [5, 5.41) is 2.91. The molecule has 0 unspecified atom stereocenters. The average Bonchev–Trinajstić information content (AvgIpc) is 2.92. The second-order valence-corrected chi connectivity index (χ2v) is 7.27. The zero-order chi connectivity index (χ0) is 19.6. The quantitative estimate of drug-likeness (QED) is 0.893. The molecule has 6 heteroatoms. The zero-order valence-corrected chi connectivity index (χ0v) is 16.3. The first-order valence-corrected chi connectivity index (χ1v) is 9.22. The van der Waals surface area contributed by atoms with E-state index in [1.807, 2.05) is 57.2 Å². The van der Waals surface area contributed by atoms with E-state index in [0.29, 0.717) is 18.7 Å². The molecule has 1 aliphatic heterocycles. The smallest absolute Gasteiger partial charge is 0.321 e. The number of rotatable bonds is 4. The number of hydrogen-bond donors (Lipinski definition) is 1. The second-order valence-electron chi connectivity index (χ2n) is 7.27. The Bertz CT molecular complexity index is 845. The highest BCUT2D eigenvalue weighted by molar-refractivity contribution is 5.97. The molecule has 3 rings (SSSR count). The van der Waals surface area contributed by atoms with Gasteiger partial charge in [-0.15, -0.1) is 0 Å². The van der Waals surface area contributed by atoms with Gasteiger partial charge in [0.1, 0.15) is 0 Å². The third kappa shape index (κ3) is 4.45. The van der Waals surface area contributed by atoms with Crippen molar-refractivity contribution in [2.75, 3.05) is 17.3 Å². The van der Waals surface area contributed by atoms with E-state index in [1.54, 1.807) is 16.8 Å². The van der Waals surface area contributed by atoms with E-state index in [-0.39, 0.29) is 18.0 Å². The number of hydrogen-bond acceptors (Lipinski definition) is 3. The summed E-state index contributed by atoms with van der Waals surface area (Å²) in [6, 6.07) is 11.4. The summed E-state index contributed by atoms with van der Waals surface area (Å²) in [4.78, 5) is 32.5. The molecule has 1 atom stereocenters. The lowest BCUT2D eigenvalue weighted by Gasteiger charge is -2.23. The molecule has 0 bridgehead atoms. The maximum absolute atomic E-state index is 12.6. The van der Waals surface area contributed by atoms with E-state index in [2.05, 4.69) is 10.3 Å². The number of nitrogens with zero attached hydrogens (tertiary/aromatic N) is 3. The number of aryl methyl sites for hydroxylation is 2. The Morgan fingerprint density at radius 1 is 1.30 bits per heavy atom. The number of carbonyl (C=O) groups is 2. The first-order chi connectivity index (χ1) is 12.8. The number of anilines is 2. The fourth-order valence-electron chi connectivity index (χ4n) is 3.50. The molecule has 1 fully saturated rings. The molecule has 1 N–H and O–H groups in total. The van der Waals surface area contributed by atoms with Gasteiger partial charge in [0.15, 0.2) is 0 Å². The molecule has 0 spiro atoms. The lowest BCUT2D eigenvalue weighted by Crippen LogP contribution is -2.32. The van der Waals surface area contributed by atoms with Crippen LogP contribution in [0.2, 0.25) is 0 Å². The predicted molar refractivity (Wildman–Crippen MR) is 107 cm³/mol. The minimum atomic E-state index is -0.214. The maximum atomic E-state index is 12.6. The number of urea groups is 1. The molecule has 3 amide bonds. The van der Waals surface area contributed by atoms with Gasteiger partial charge >= 0.3 is 6.03 Å². The molecule has 27 heavy (non-hydrogen) atoms. The molecule has 1 aromatic carbocycles. The molecule has 6 nitrogen and oxygen atoms in total. The highest BCUT2D eigenvalue weighted by atomic mass is 16.2. The summed E-state index contributed by atoms with van der Waals surface area (Å²) < 4.78 is 0. The van der Waals surface area contributed by atoms with E-state index < -0.39 is 0 Å². The zero-order valence-electron chi connectivity index (χ0n) is 16.3. The van der Waals surface area contributed by atoms with Crippen LogP contribution in [-0.2, 0) is 11.3 Å². The molecular formula is C21H26N4O2. The van der Waals surface area contributed by atoms with Gasteiger partial charge < -0.3 is 15.1 Å². The fraction of sp³-hybridized carbons (Fsp3) is 0.381.